The second-order valence-electron chi connectivity index (χ2n) is 5.86. The summed E-state index contributed by atoms with van der Waals surface area (Å²) in [5, 5.41) is 7.45. The minimum atomic E-state index is -0.0276. The summed E-state index contributed by atoms with van der Waals surface area (Å²) in [6.45, 7) is 7.31. The van der Waals surface area contributed by atoms with Crippen LogP contribution in [-0.4, -0.2) is 53.4 Å². The van der Waals surface area contributed by atoms with Gasteiger partial charge in [0, 0.05) is 19.2 Å². The number of hydrogen-bond donors (Lipinski definition) is 1. The minimum Gasteiger partial charge on any atom is -0.379 e. The Hall–Kier alpha value is -2.18. The third-order valence-corrected chi connectivity index (χ3v) is 3.85. The maximum Gasteiger partial charge on any atom is 0.239 e. The highest BCUT2D eigenvalue weighted by molar-refractivity contribution is 5.91. The highest BCUT2D eigenvalue weighted by Gasteiger charge is 2.16. The van der Waals surface area contributed by atoms with Gasteiger partial charge >= 0.3 is 0 Å². The third kappa shape index (κ3) is 3.97. The van der Waals surface area contributed by atoms with Gasteiger partial charge in [0.1, 0.15) is 5.82 Å². The molecule has 1 aliphatic rings. The molecule has 1 aliphatic heterocycles. The van der Waals surface area contributed by atoms with Crippen molar-refractivity contribution in [3.8, 4) is 5.69 Å². The SMILES string of the molecule is Cc1ccc(-n2nc(C)cc2NC(=O)CN2CCOCC2)cc1. The zero-order chi connectivity index (χ0) is 16.2. The Bertz CT molecular complexity index is 672. The number of morpholine rings is 1. The zero-order valence-corrected chi connectivity index (χ0v) is 13.6. The number of nitrogens with one attached hydrogen (secondary N) is 1. The summed E-state index contributed by atoms with van der Waals surface area (Å²) < 4.78 is 7.07. The molecule has 2 aromatic rings. The maximum atomic E-state index is 12.3. The van der Waals surface area contributed by atoms with Crippen molar-refractivity contribution in [2.75, 3.05) is 38.2 Å². The lowest BCUT2D eigenvalue weighted by atomic mass is 10.2. The molecule has 0 spiro atoms. The van der Waals surface area contributed by atoms with E-state index in [0.29, 0.717) is 25.6 Å². The molecule has 3 rings (SSSR count). The summed E-state index contributed by atoms with van der Waals surface area (Å²) in [6.07, 6.45) is 0. The van der Waals surface area contributed by atoms with Crippen molar-refractivity contribution in [3.05, 3.63) is 41.6 Å². The van der Waals surface area contributed by atoms with E-state index in [-0.39, 0.29) is 5.91 Å². The number of nitrogens with zero attached hydrogens (tertiary/aromatic N) is 3. The predicted molar refractivity (Wildman–Crippen MR) is 88.9 cm³/mol. The molecule has 2 heterocycles. The Morgan fingerprint density at radius 1 is 1.22 bits per heavy atom. The van der Waals surface area contributed by atoms with E-state index in [0.717, 1.165) is 24.5 Å². The van der Waals surface area contributed by atoms with E-state index in [9.17, 15) is 4.79 Å². The number of ether oxygens (including phenoxy) is 1. The van der Waals surface area contributed by atoms with Crippen molar-refractivity contribution in [1.29, 1.82) is 0 Å². The predicted octanol–water partition coefficient (Wildman–Crippen LogP) is 1.76. The van der Waals surface area contributed by atoms with Crippen LogP contribution in [-0.2, 0) is 9.53 Å². The monoisotopic (exact) mass is 314 g/mol. The summed E-state index contributed by atoms with van der Waals surface area (Å²) in [6, 6.07) is 9.95. The molecule has 0 saturated carbocycles. The first-order chi connectivity index (χ1) is 11.1. The van der Waals surface area contributed by atoms with Gasteiger partial charge in [-0.25, -0.2) is 4.68 Å². The van der Waals surface area contributed by atoms with Gasteiger partial charge in [-0.15, -0.1) is 0 Å². The van der Waals surface area contributed by atoms with Crippen LogP contribution in [0, 0.1) is 13.8 Å². The molecule has 1 N–H and O–H groups in total. The van der Waals surface area contributed by atoms with Gasteiger partial charge in [0.2, 0.25) is 5.91 Å². The largest absolute Gasteiger partial charge is 0.379 e. The van der Waals surface area contributed by atoms with Gasteiger partial charge < -0.3 is 10.1 Å². The third-order valence-electron chi connectivity index (χ3n) is 3.85. The van der Waals surface area contributed by atoms with Crippen LogP contribution in [0.3, 0.4) is 0 Å². The van der Waals surface area contributed by atoms with E-state index in [1.54, 1.807) is 4.68 Å². The molecule has 1 saturated heterocycles. The van der Waals surface area contributed by atoms with Crippen molar-refractivity contribution in [2.24, 2.45) is 0 Å². The lowest BCUT2D eigenvalue weighted by Gasteiger charge is -2.25. The number of carbonyl (C=O) groups is 1. The molecule has 1 amide bonds. The summed E-state index contributed by atoms with van der Waals surface area (Å²) >= 11 is 0. The Morgan fingerprint density at radius 2 is 1.91 bits per heavy atom. The molecule has 0 atom stereocenters. The van der Waals surface area contributed by atoms with Crippen molar-refractivity contribution in [1.82, 2.24) is 14.7 Å². The first-order valence-corrected chi connectivity index (χ1v) is 7.85. The van der Waals surface area contributed by atoms with Gasteiger partial charge in [0.05, 0.1) is 31.1 Å². The van der Waals surface area contributed by atoms with Crippen molar-refractivity contribution >= 4 is 11.7 Å². The Kier molecular flexibility index (Phi) is 4.73. The number of aryl methyl sites for hydroxylation is 2. The fourth-order valence-corrected chi connectivity index (χ4v) is 2.62. The van der Waals surface area contributed by atoms with Crippen LogP contribution in [0.1, 0.15) is 11.3 Å². The summed E-state index contributed by atoms with van der Waals surface area (Å²) in [5.41, 5.74) is 2.99. The first kappa shape index (κ1) is 15.7. The Morgan fingerprint density at radius 3 is 2.61 bits per heavy atom. The van der Waals surface area contributed by atoms with Crippen LogP contribution in [0.15, 0.2) is 30.3 Å². The lowest BCUT2D eigenvalue weighted by molar-refractivity contribution is -0.118. The standard InChI is InChI=1S/C17H22N4O2/c1-13-3-5-15(6-4-13)21-16(11-14(2)19-21)18-17(22)12-20-7-9-23-10-8-20/h3-6,11H,7-10,12H2,1-2H3,(H,18,22). The van der Waals surface area contributed by atoms with Gasteiger partial charge in [-0.3, -0.25) is 9.69 Å². The van der Waals surface area contributed by atoms with Crippen LogP contribution in [0.4, 0.5) is 5.82 Å². The maximum absolute atomic E-state index is 12.3. The number of benzene rings is 1. The second kappa shape index (κ2) is 6.93. The zero-order valence-electron chi connectivity index (χ0n) is 13.6. The number of hydrogen-bond acceptors (Lipinski definition) is 4. The molecule has 6 nitrogen and oxygen atoms in total. The lowest BCUT2D eigenvalue weighted by Crippen LogP contribution is -2.41. The van der Waals surface area contributed by atoms with E-state index in [1.165, 1.54) is 5.56 Å². The van der Waals surface area contributed by atoms with Crippen LogP contribution in [0.25, 0.3) is 5.69 Å². The molecular formula is C17H22N4O2. The Labute approximate surface area is 136 Å². The number of rotatable bonds is 4. The van der Waals surface area contributed by atoms with Crippen molar-refractivity contribution in [2.45, 2.75) is 13.8 Å². The number of carbonyl (C=O) groups excluding carboxylic acids is 1. The quantitative estimate of drug-likeness (QED) is 0.934. The van der Waals surface area contributed by atoms with Crippen molar-refractivity contribution < 1.29 is 9.53 Å². The average molecular weight is 314 g/mol. The van der Waals surface area contributed by atoms with Gasteiger partial charge in [0.15, 0.2) is 0 Å². The summed E-state index contributed by atoms with van der Waals surface area (Å²) in [4.78, 5) is 14.4. The topological polar surface area (TPSA) is 59.4 Å². The molecule has 1 fully saturated rings. The highest BCUT2D eigenvalue weighted by atomic mass is 16.5. The van der Waals surface area contributed by atoms with E-state index >= 15 is 0 Å². The van der Waals surface area contributed by atoms with Gasteiger partial charge in [-0.2, -0.15) is 5.10 Å². The number of anilines is 1. The molecule has 0 unspecified atom stereocenters. The normalized spacial score (nSPS) is 15.6. The van der Waals surface area contributed by atoms with Gasteiger partial charge in [0.25, 0.3) is 0 Å². The summed E-state index contributed by atoms with van der Waals surface area (Å²) in [7, 11) is 0. The van der Waals surface area contributed by atoms with Crippen LogP contribution in [0.5, 0.6) is 0 Å². The Balaban J connectivity index is 1.72. The number of amides is 1. The van der Waals surface area contributed by atoms with E-state index in [4.69, 9.17) is 4.74 Å². The van der Waals surface area contributed by atoms with Gasteiger partial charge in [-0.1, -0.05) is 17.7 Å². The van der Waals surface area contributed by atoms with Crippen LogP contribution >= 0.6 is 0 Å². The fraction of sp³-hybridized carbons (Fsp3) is 0.412. The molecule has 6 heteroatoms. The van der Waals surface area contributed by atoms with E-state index in [1.807, 2.05) is 44.2 Å². The van der Waals surface area contributed by atoms with E-state index in [2.05, 4.69) is 15.3 Å². The second-order valence-corrected chi connectivity index (χ2v) is 5.86. The number of aromatic nitrogens is 2. The van der Waals surface area contributed by atoms with Crippen LogP contribution < -0.4 is 5.32 Å². The summed E-state index contributed by atoms with van der Waals surface area (Å²) in [5.74, 6) is 0.671. The van der Waals surface area contributed by atoms with Crippen molar-refractivity contribution in [3.63, 3.8) is 0 Å². The molecule has 122 valence electrons. The molecule has 0 radical (unpaired) electrons. The van der Waals surface area contributed by atoms with E-state index < -0.39 is 0 Å². The minimum absolute atomic E-state index is 0.0276. The average Bonchev–Trinajstić information content (AvgIpc) is 2.89. The first-order valence-electron chi connectivity index (χ1n) is 7.85. The molecule has 23 heavy (non-hydrogen) atoms. The molecule has 1 aromatic carbocycles. The molecule has 0 bridgehead atoms. The smallest absolute Gasteiger partial charge is 0.239 e. The molecule has 1 aromatic heterocycles. The van der Waals surface area contributed by atoms with Crippen LogP contribution in [0.2, 0.25) is 0 Å². The molecular weight excluding hydrogens is 292 g/mol. The van der Waals surface area contributed by atoms with Gasteiger partial charge in [-0.05, 0) is 26.0 Å². The fourth-order valence-electron chi connectivity index (χ4n) is 2.62. The highest BCUT2D eigenvalue weighted by Crippen LogP contribution is 2.17. The molecule has 0 aliphatic carbocycles.